The van der Waals surface area contributed by atoms with Crippen molar-refractivity contribution in [3.05, 3.63) is 29.3 Å². The molecule has 0 fully saturated rings. The molecule has 0 bridgehead atoms. The number of benzene rings is 1. The maximum Gasteiger partial charge on any atom is 0.416 e. The van der Waals surface area contributed by atoms with Gasteiger partial charge in [0.2, 0.25) is 0 Å². The monoisotopic (exact) mass is 250 g/mol. The van der Waals surface area contributed by atoms with Gasteiger partial charge in [0.05, 0.1) is 18.8 Å². The standard InChI is InChI=1S/C12H14F4O/c1-2-17-11-6-5-10(12(14,15)16)8-9(11)4-3-7-13/h5-6,8H,2-4,7H2,1H3. The van der Waals surface area contributed by atoms with Gasteiger partial charge in [-0.1, -0.05) is 0 Å². The van der Waals surface area contributed by atoms with E-state index in [2.05, 4.69) is 0 Å². The molecule has 96 valence electrons. The lowest BCUT2D eigenvalue weighted by atomic mass is 10.0. The summed E-state index contributed by atoms with van der Waals surface area (Å²) in [5.74, 6) is 0.397. The minimum Gasteiger partial charge on any atom is -0.494 e. The van der Waals surface area contributed by atoms with Crippen LogP contribution in [0.15, 0.2) is 18.2 Å². The summed E-state index contributed by atoms with van der Waals surface area (Å²) in [7, 11) is 0. The molecule has 0 amide bonds. The first kappa shape index (κ1) is 13.8. The Morgan fingerprint density at radius 1 is 1.24 bits per heavy atom. The Balaban J connectivity index is 3.01. The van der Waals surface area contributed by atoms with Crippen molar-refractivity contribution in [1.82, 2.24) is 0 Å². The second kappa shape index (κ2) is 5.89. The number of aryl methyl sites for hydroxylation is 1. The number of halogens is 4. The number of hydrogen-bond acceptors (Lipinski definition) is 1. The summed E-state index contributed by atoms with van der Waals surface area (Å²) in [4.78, 5) is 0. The Labute approximate surface area is 97.4 Å². The van der Waals surface area contributed by atoms with Crippen molar-refractivity contribution in [3.63, 3.8) is 0 Å². The van der Waals surface area contributed by atoms with Crippen LogP contribution in [0.4, 0.5) is 17.6 Å². The van der Waals surface area contributed by atoms with Crippen molar-refractivity contribution in [2.45, 2.75) is 25.9 Å². The molecule has 0 unspecified atom stereocenters. The summed E-state index contributed by atoms with van der Waals surface area (Å²) in [5, 5.41) is 0. The van der Waals surface area contributed by atoms with E-state index in [1.54, 1.807) is 6.92 Å². The van der Waals surface area contributed by atoms with E-state index < -0.39 is 18.4 Å². The van der Waals surface area contributed by atoms with Gasteiger partial charge in [-0.05, 0) is 43.5 Å². The van der Waals surface area contributed by atoms with Crippen molar-refractivity contribution in [2.75, 3.05) is 13.3 Å². The summed E-state index contributed by atoms with van der Waals surface area (Å²) in [6.07, 6.45) is -3.94. The van der Waals surface area contributed by atoms with E-state index in [1.807, 2.05) is 0 Å². The number of ether oxygens (including phenoxy) is 1. The van der Waals surface area contributed by atoms with Crippen LogP contribution in [0.1, 0.15) is 24.5 Å². The smallest absolute Gasteiger partial charge is 0.416 e. The van der Waals surface area contributed by atoms with Gasteiger partial charge in [0, 0.05) is 0 Å². The molecule has 0 heterocycles. The van der Waals surface area contributed by atoms with Crippen LogP contribution >= 0.6 is 0 Å². The quantitative estimate of drug-likeness (QED) is 0.717. The molecule has 1 aromatic carbocycles. The van der Waals surface area contributed by atoms with E-state index >= 15 is 0 Å². The molecule has 0 aromatic heterocycles. The zero-order valence-electron chi connectivity index (χ0n) is 9.48. The number of alkyl halides is 4. The minimum absolute atomic E-state index is 0.196. The summed E-state index contributed by atoms with van der Waals surface area (Å²) in [5.41, 5.74) is -0.325. The van der Waals surface area contributed by atoms with Gasteiger partial charge in [-0.2, -0.15) is 13.2 Å². The Hall–Kier alpha value is -1.26. The van der Waals surface area contributed by atoms with Gasteiger partial charge in [0.15, 0.2) is 0 Å². The van der Waals surface area contributed by atoms with Crippen molar-refractivity contribution in [3.8, 4) is 5.75 Å². The van der Waals surface area contributed by atoms with Crippen LogP contribution in [0.2, 0.25) is 0 Å². The van der Waals surface area contributed by atoms with Gasteiger partial charge in [-0.15, -0.1) is 0 Å². The van der Waals surface area contributed by atoms with Crippen LogP contribution in [0.5, 0.6) is 5.75 Å². The molecular formula is C12H14F4O. The third-order valence-electron chi connectivity index (χ3n) is 2.27. The molecule has 1 nitrogen and oxygen atoms in total. The Morgan fingerprint density at radius 3 is 2.47 bits per heavy atom. The number of hydrogen-bond donors (Lipinski definition) is 0. The lowest BCUT2D eigenvalue weighted by Crippen LogP contribution is -2.07. The second-order valence-corrected chi connectivity index (χ2v) is 3.55. The third-order valence-corrected chi connectivity index (χ3v) is 2.27. The highest BCUT2D eigenvalue weighted by molar-refractivity contribution is 5.38. The molecule has 0 spiro atoms. The molecule has 0 saturated carbocycles. The fraction of sp³-hybridized carbons (Fsp3) is 0.500. The van der Waals surface area contributed by atoms with Gasteiger partial charge in [-0.3, -0.25) is 4.39 Å². The Bertz CT molecular complexity index is 360. The molecular weight excluding hydrogens is 236 g/mol. The van der Waals surface area contributed by atoms with E-state index in [1.165, 1.54) is 6.07 Å². The Morgan fingerprint density at radius 2 is 1.94 bits per heavy atom. The highest BCUT2D eigenvalue weighted by Crippen LogP contribution is 2.33. The zero-order chi connectivity index (χ0) is 12.9. The molecule has 0 aliphatic carbocycles. The first-order chi connectivity index (χ1) is 7.99. The first-order valence-electron chi connectivity index (χ1n) is 5.38. The Kier molecular flexibility index (Phi) is 4.78. The summed E-state index contributed by atoms with van der Waals surface area (Å²) >= 11 is 0. The highest BCUT2D eigenvalue weighted by atomic mass is 19.4. The summed E-state index contributed by atoms with van der Waals surface area (Å²) in [6.45, 7) is 1.56. The largest absolute Gasteiger partial charge is 0.494 e. The van der Waals surface area contributed by atoms with Crippen LogP contribution in [0, 0.1) is 0 Å². The van der Waals surface area contributed by atoms with Crippen molar-refractivity contribution in [1.29, 1.82) is 0 Å². The molecule has 0 atom stereocenters. The number of rotatable bonds is 5. The second-order valence-electron chi connectivity index (χ2n) is 3.55. The highest BCUT2D eigenvalue weighted by Gasteiger charge is 2.31. The average molecular weight is 250 g/mol. The van der Waals surface area contributed by atoms with Crippen molar-refractivity contribution in [2.24, 2.45) is 0 Å². The zero-order valence-corrected chi connectivity index (χ0v) is 9.48. The third kappa shape index (κ3) is 3.91. The van der Waals surface area contributed by atoms with Gasteiger partial charge in [-0.25, -0.2) is 0 Å². The molecule has 0 saturated heterocycles. The predicted molar refractivity (Wildman–Crippen MR) is 56.9 cm³/mol. The maximum atomic E-state index is 12.5. The lowest BCUT2D eigenvalue weighted by Gasteiger charge is -2.13. The van der Waals surface area contributed by atoms with E-state index in [0.29, 0.717) is 17.9 Å². The molecule has 1 rings (SSSR count). The molecule has 0 aliphatic rings. The van der Waals surface area contributed by atoms with Crippen molar-refractivity contribution >= 4 is 0 Å². The molecule has 17 heavy (non-hydrogen) atoms. The fourth-order valence-electron chi connectivity index (χ4n) is 1.50. The SMILES string of the molecule is CCOc1ccc(C(F)(F)F)cc1CCCF. The fourth-order valence-corrected chi connectivity index (χ4v) is 1.50. The van der Waals surface area contributed by atoms with E-state index in [-0.39, 0.29) is 12.8 Å². The van der Waals surface area contributed by atoms with Crippen molar-refractivity contribution < 1.29 is 22.3 Å². The van der Waals surface area contributed by atoms with Gasteiger partial charge in [0.1, 0.15) is 5.75 Å². The van der Waals surface area contributed by atoms with E-state index in [0.717, 1.165) is 12.1 Å². The molecule has 0 N–H and O–H groups in total. The summed E-state index contributed by atoms with van der Waals surface area (Å²) < 4.78 is 54.8. The molecule has 0 radical (unpaired) electrons. The summed E-state index contributed by atoms with van der Waals surface area (Å²) in [6, 6.07) is 3.30. The predicted octanol–water partition coefficient (Wildman–Crippen LogP) is 4.01. The van der Waals surface area contributed by atoms with Crippen LogP contribution in [-0.4, -0.2) is 13.3 Å². The molecule has 0 aliphatic heterocycles. The maximum absolute atomic E-state index is 12.5. The molecule has 5 heteroatoms. The van der Waals surface area contributed by atoms with Crippen LogP contribution in [0.3, 0.4) is 0 Å². The van der Waals surface area contributed by atoms with E-state index in [9.17, 15) is 17.6 Å². The van der Waals surface area contributed by atoms with Crippen LogP contribution in [0.25, 0.3) is 0 Å². The van der Waals surface area contributed by atoms with Crippen LogP contribution < -0.4 is 4.74 Å². The van der Waals surface area contributed by atoms with Gasteiger partial charge >= 0.3 is 6.18 Å². The average Bonchev–Trinajstić information content (AvgIpc) is 2.26. The minimum atomic E-state index is -4.38. The normalized spacial score (nSPS) is 11.6. The van der Waals surface area contributed by atoms with Crippen LogP contribution in [-0.2, 0) is 12.6 Å². The molecule has 1 aromatic rings. The first-order valence-corrected chi connectivity index (χ1v) is 5.38. The van der Waals surface area contributed by atoms with E-state index in [4.69, 9.17) is 4.74 Å². The van der Waals surface area contributed by atoms with Gasteiger partial charge in [0.25, 0.3) is 0 Å². The lowest BCUT2D eigenvalue weighted by molar-refractivity contribution is -0.137. The topological polar surface area (TPSA) is 9.23 Å². The van der Waals surface area contributed by atoms with Gasteiger partial charge < -0.3 is 4.74 Å².